The summed E-state index contributed by atoms with van der Waals surface area (Å²) in [5.41, 5.74) is 4.00. The number of carbonyl (C=O) groups is 1. The molecular formula is C19H19ClN4O. The summed E-state index contributed by atoms with van der Waals surface area (Å²) in [6.45, 7) is 0.454. The molecular weight excluding hydrogens is 336 g/mol. The molecule has 0 spiro atoms. The van der Waals surface area contributed by atoms with Crippen molar-refractivity contribution in [3.05, 3.63) is 71.3 Å². The highest BCUT2D eigenvalue weighted by molar-refractivity contribution is 6.30. The van der Waals surface area contributed by atoms with Crippen LogP contribution in [0.5, 0.6) is 0 Å². The molecule has 1 N–H and O–H groups in total. The van der Waals surface area contributed by atoms with Crippen LogP contribution in [0.15, 0.2) is 55.1 Å². The van der Waals surface area contributed by atoms with Crippen LogP contribution in [0, 0.1) is 0 Å². The van der Waals surface area contributed by atoms with Crippen molar-refractivity contribution in [2.75, 3.05) is 0 Å². The Morgan fingerprint density at radius 3 is 2.80 bits per heavy atom. The second-order valence-corrected chi connectivity index (χ2v) is 6.33. The van der Waals surface area contributed by atoms with Gasteiger partial charge < -0.3 is 5.32 Å². The lowest BCUT2D eigenvalue weighted by molar-refractivity contribution is -0.121. The van der Waals surface area contributed by atoms with Gasteiger partial charge >= 0.3 is 0 Å². The van der Waals surface area contributed by atoms with E-state index in [0.717, 1.165) is 22.3 Å². The molecule has 0 aliphatic carbocycles. The zero-order valence-corrected chi connectivity index (χ0v) is 14.7. The van der Waals surface area contributed by atoms with Gasteiger partial charge in [-0.15, -0.1) is 0 Å². The Bertz CT molecular complexity index is 875. The van der Waals surface area contributed by atoms with Gasteiger partial charge in [-0.2, -0.15) is 5.10 Å². The van der Waals surface area contributed by atoms with Gasteiger partial charge in [-0.1, -0.05) is 23.7 Å². The third kappa shape index (κ3) is 4.90. The number of pyridine rings is 1. The van der Waals surface area contributed by atoms with Crippen molar-refractivity contribution >= 4 is 17.5 Å². The molecule has 2 aromatic heterocycles. The lowest BCUT2D eigenvalue weighted by Gasteiger charge is -2.07. The second-order valence-electron chi connectivity index (χ2n) is 5.89. The van der Waals surface area contributed by atoms with E-state index in [1.165, 1.54) is 0 Å². The maximum absolute atomic E-state index is 12.1. The highest BCUT2D eigenvalue weighted by Gasteiger charge is 2.05. The van der Waals surface area contributed by atoms with Gasteiger partial charge in [0.1, 0.15) is 0 Å². The van der Waals surface area contributed by atoms with E-state index in [4.69, 9.17) is 11.6 Å². The van der Waals surface area contributed by atoms with E-state index >= 15 is 0 Å². The van der Waals surface area contributed by atoms with E-state index in [1.54, 1.807) is 23.3 Å². The topological polar surface area (TPSA) is 59.8 Å². The molecule has 3 aromatic rings. The quantitative estimate of drug-likeness (QED) is 0.738. The summed E-state index contributed by atoms with van der Waals surface area (Å²) in [5.74, 6) is 0.00626. The van der Waals surface area contributed by atoms with Crippen molar-refractivity contribution in [3.63, 3.8) is 0 Å². The Kier molecular flexibility index (Phi) is 5.46. The average Bonchev–Trinajstić information content (AvgIpc) is 3.05. The molecule has 3 rings (SSSR count). The third-order valence-corrected chi connectivity index (χ3v) is 4.09. The van der Waals surface area contributed by atoms with Crippen LogP contribution in [0.4, 0.5) is 0 Å². The monoisotopic (exact) mass is 354 g/mol. The summed E-state index contributed by atoms with van der Waals surface area (Å²) in [4.78, 5) is 16.3. The molecule has 0 saturated heterocycles. The highest BCUT2D eigenvalue weighted by atomic mass is 35.5. The lowest BCUT2D eigenvalue weighted by Crippen LogP contribution is -2.23. The molecule has 25 heavy (non-hydrogen) atoms. The first kappa shape index (κ1) is 17.2. The van der Waals surface area contributed by atoms with Crippen molar-refractivity contribution in [2.24, 2.45) is 7.05 Å². The molecule has 0 saturated carbocycles. The SMILES string of the molecule is Cn1cc(-c2cncc(CNC(=O)CCc3cccc(Cl)c3)c2)cn1. The van der Waals surface area contributed by atoms with E-state index in [9.17, 15) is 4.79 Å². The first-order chi connectivity index (χ1) is 12.1. The smallest absolute Gasteiger partial charge is 0.220 e. The average molecular weight is 355 g/mol. The fourth-order valence-corrected chi connectivity index (χ4v) is 2.76. The fourth-order valence-electron chi connectivity index (χ4n) is 2.55. The minimum Gasteiger partial charge on any atom is -0.352 e. The molecule has 2 heterocycles. The van der Waals surface area contributed by atoms with Crippen LogP contribution in [-0.4, -0.2) is 20.7 Å². The number of aromatic nitrogens is 3. The van der Waals surface area contributed by atoms with Crippen LogP contribution < -0.4 is 5.32 Å². The number of aryl methyl sites for hydroxylation is 2. The normalized spacial score (nSPS) is 10.6. The predicted molar refractivity (Wildman–Crippen MR) is 98.1 cm³/mol. The van der Waals surface area contributed by atoms with Crippen molar-refractivity contribution in [3.8, 4) is 11.1 Å². The number of nitrogens with zero attached hydrogens (tertiary/aromatic N) is 3. The van der Waals surface area contributed by atoms with Crippen LogP contribution >= 0.6 is 11.6 Å². The van der Waals surface area contributed by atoms with Gasteiger partial charge in [0.2, 0.25) is 5.91 Å². The minimum atomic E-state index is 0.00626. The molecule has 0 aliphatic heterocycles. The number of nitrogens with one attached hydrogen (secondary N) is 1. The van der Waals surface area contributed by atoms with E-state index < -0.39 is 0 Å². The standard InChI is InChI=1S/C19H19ClN4O/c1-24-13-17(12-23-24)16-7-15(9-21-11-16)10-22-19(25)6-5-14-3-2-4-18(20)8-14/h2-4,7-9,11-13H,5-6,10H2,1H3,(H,22,25). The van der Waals surface area contributed by atoms with Crippen LogP contribution in [0.2, 0.25) is 5.02 Å². The number of rotatable bonds is 6. The molecule has 1 aromatic carbocycles. The maximum atomic E-state index is 12.1. The molecule has 0 unspecified atom stereocenters. The van der Waals surface area contributed by atoms with Crippen LogP contribution in [-0.2, 0) is 24.8 Å². The van der Waals surface area contributed by atoms with Gasteiger partial charge in [0.25, 0.3) is 0 Å². The van der Waals surface area contributed by atoms with Crippen LogP contribution in [0.3, 0.4) is 0 Å². The van der Waals surface area contributed by atoms with Crippen molar-refractivity contribution in [2.45, 2.75) is 19.4 Å². The molecule has 0 bridgehead atoms. The van der Waals surface area contributed by atoms with Crippen LogP contribution in [0.25, 0.3) is 11.1 Å². The summed E-state index contributed by atoms with van der Waals surface area (Å²) in [6.07, 6.45) is 8.38. The largest absolute Gasteiger partial charge is 0.352 e. The number of carbonyl (C=O) groups excluding carboxylic acids is 1. The number of halogens is 1. The minimum absolute atomic E-state index is 0.00626. The summed E-state index contributed by atoms with van der Waals surface area (Å²) in [6, 6.07) is 9.59. The zero-order chi connectivity index (χ0) is 17.6. The molecule has 1 amide bonds. The van der Waals surface area contributed by atoms with Crippen molar-refractivity contribution in [1.29, 1.82) is 0 Å². The molecule has 128 valence electrons. The summed E-state index contributed by atoms with van der Waals surface area (Å²) >= 11 is 5.95. The van der Waals surface area contributed by atoms with Gasteiger partial charge in [-0.05, 0) is 35.7 Å². The molecule has 5 nitrogen and oxygen atoms in total. The van der Waals surface area contributed by atoms with Crippen molar-refractivity contribution < 1.29 is 4.79 Å². The van der Waals surface area contributed by atoms with Gasteiger partial charge in [0.15, 0.2) is 0 Å². The van der Waals surface area contributed by atoms with Gasteiger partial charge in [-0.3, -0.25) is 14.5 Å². The summed E-state index contributed by atoms with van der Waals surface area (Å²) in [7, 11) is 1.88. The predicted octanol–water partition coefficient (Wildman–Crippen LogP) is 3.38. The lowest BCUT2D eigenvalue weighted by atomic mass is 10.1. The Balaban J connectivity index is 1.53. The Labute approximate surface area is 151 Å². The third-order valence-electron chi connectivity index (χ3n) is 3.85. The molecule has 0 radical (unpaired) electrons. The van der Waals surface area contributed by atoms with Gasteiger partial charge in [-0.25, -0.2) is 0 Å². The molecule has 6 heteroatoms. The maximum Gasteiger partial charge on any atom is 0.220 e. The Morgan fingerprint density at radius 2 is 2.04 bits per heavy atom. The van der Waals surface area contributed by atoms with Crippen LogP contribution in [0.1, 0.15) is 17.5 Å². The van der Waals surface area contributed by atoms with E-state index in [2.05, 4.69) is 15.4 Å². The Morgan fingerprint density at radius 1 is 1.16 bits per heavy atom. The van der Waals surface area contributed by atoms with Gasteiger partial charge in [0, 0.05) is 54.8 Å². The number of amides is 1. The number of hydrogen-bond acceptors (Lipinski definition) is 3. The van der Waals surface area contributed by atoms with E-state index in [1.807, 2.05) is 43.6 Å². The summed E-state index contributed by atoms with van der Waals surface area (Å²) < 4.78 is 1.75. The number of benzene rings is 1. The van der Waals surface area contributed by atoms with Crippen molar-refractivity contribution in [1.82, 2.24) is 20.1 Å². The molecule has 0 fully saturated rings. The Hall–Kier alpha value is -2.66. The first-order valence-corrected chi connectivity index (χ1v) is 8.42. The summed E-state index contributed by atoms with van der Waals surface area (Å²) in [5, 5.41) is 7.79. The molecule has 0 atom stereocenters. The molecule has 0 aliphatic rings. The van der Waals surface area contributed by atoms with Gasteiger partial charge in [0.05, 0.1) is 6.20 Å². The number of hydrogen-bond donors (Lipinski definition) is 1. The first-order valence-electron chi connectivity index (χ1n) is 8.04. The highest BCUT2D eigenvalue weighted by Crippen LogP contribution is 2.18. The zero-order valence-electron chi connectivity index (χ0n) is 13.9. The fraction of sp³-hybridized carbons (Fsp3) is 0.211. The second kappa shape index (κ2) is 7.94. The van der Waals surface area contributed by atoms with E-state index in [-0.39, 0.29) is 5.91 Å². The van der Waals surface area contributed by atoms with E-state index in [0.29, 0.717) is 24.4 Å².